The highest BCUT2D eigenvalue weighted by molar-refractivity contribution is 14.0. The fraction of sp³-hybridized carbons (Fsp3) is 0.478. The Morgan fingerprint density at radius 1 is 1.13 bits per heavy atom. The van der Waals surface area contributed by atoms with E-state index in [4.69, 9.17) is 9.73 Å². The van der Waals surface area contributed by atoms with Gasteiger partial charge in [-0.15, -0.1) is 24.0 Å². The zero-order valence-corrected chi connectivity index (χ0v) is 21.2. The molecule has 31 heavy (non-hydrogen) atoms. The van der Waals surface area contributed by atoms with Gasteiger partial charge in [-0.05, 0) is 50.8 Å². The Balaban J connectivity index is 0.00000341. The van der Waals surface area contributed by atoms with E-state index in [1.807, 2.05) is 44.6 Å². The molecule has 3 rings (SSSR count). The highest BCUT2D eigenvalue weighted by Gasteiger charge is 2.20. The summed E-state index contributed by atoms with van der Waals surface area (Å²) < 4.78 is 5.85. The zero-order chi connectivity index (χ0) is 21.2. The predicted molar refractivity (Wildman–Crippen MR) is 139 cm³/mol. The first-order chi connectivity index (χ1) is 14.7. The molecule has 1 saturated heterocycles. The van der Waals surface area contributed by atoms with Gasteiger partial charge in [-0.2, -0.15) is 0 Å². The number of benzene rings is 1. The topological polar surface area (TPSA) is 56.2 Å². The second-order valence-electron chi connectivity index (χ2n) is 7.63. The van der Waals surface area contributed by atoms with E-state index in [9.17, 15) is 0 Å². The van der Waals surface area contributed by atoms with E-state index in [1.54, 1.807) is 0 Å². The third-order valence-corrected chi connectivity index (χ3v) is 5.00. The van der Waals surface area contributed by atoms with Gasteiger partial charge in [0.15, 0.2) is 5.96 Å². The fourth-order valence-electron chi connectivity index (χ4n) is 3.36. The number of halogens is 1. The largest absolute Gasteiger partial charge is 0.492 e. The zero-order valence-electron chi connectivity index (χ0n) is 18.8. The smallest absolute Gasteiger partial charge is 0.194 e. The predicted octanol–water partition coefficient (Wildman–Crippen LogP) is 2.93. The Bertz CT molecular complexity index is 794. The quantitative estimate of drug-likeness (QED) is 0.317. The van der Waals surface area contributed by atoms with Crippen molar-refractivity contribution < 1.29 is 4.74 Å². The van der Waals surface area contributed by atoms with Gasteiger partial charge in [0.25, 0.3) is 0 Å². The average Bonchev–Trinajstić information content (AvgIpc) is 2.77. The van der Waals surface area contributed by atoms with Crippen molar-refractivity contribution in [2.75, 3.05) is 64.9 Å². The lowest BCUT2D eigenvalue weighted by Gasteiger charge is -2.37. The molecule has 1 aromatic heterocycles. The van der Waals surface area contributed by atoms with Gasteiger partial charge < -0.3 is 24.8 Å². The molecule has 1 fully saturated rings. The first kappa shape index (κ1) is 25.2. The molecule has 2 heterocycles. The first-order valence-electron chi connectivity index (χ1n) is 10.7. The van der Waals surface area contributed by atoms with Crippen molar-refractivity contribution in [2.24, 2.45) is 4.99 Å². The van der Waals surface area contributed by atoms with E-state index < -0.39 is 0 Å². The number of aliphatic imine (C=N–C) groups is 1. The number of aromatic nitrogens is 1. The molecule has 170 valence electrons. The summed E-state index contributed by atoms with van der Waals surface area (Å²) in [6, 6.07) is 14.3. The summed E-state index contributed by atoms with van der Waals surface area (Å²) in [4.78, 5) is 16.1. The summed E-state index contributed by atoms with van der Waals surface area (Å²) in [6.45, 7) is 8.92. The van der Waals surface area contributed by atoms with Gasteiger partial charge in [-0.3, -0.25) is 0 Å². The van der Waals surface area contributed by atoms with Gasteiger partial charge in [0.05, 0.1) is 6.54 Å². The highest BCUT2D eigenvalue weighted by atomic mass is 127. The summed E-state index contributed by atoms with van der Waals surface area (Å²) in [7, 11) is 4.10. The normalized spacial score (nSPS) is 14.4. The monoisotopic (exact) mass is 538 g/mol. The van der Waals surface area contributed by atoms with Crippen LogP contribution in [-0.4, -0.2) is 80.7 Å². The van der Waals surface area contributed by atoms with Gasteiger partial charge in [-0.25, -0.2) is 9.98 Å². The maximum atomic E-state index is 5.85. The van der Waals surface area contributed by atoms with Crippen LogP contribution in [0.15, 0.2) is 53.7 Å². The molecule has 0 unspecified atom stereocenters. The Morgan fingerprint density at radius 3 is 2.61 bits per heavy atom. The van der Waals surface area contributed by atoms with Crippen molar-refractivity contribution in [1.29, 1.82) is 0 Å². The second kappa shape index (κ2) is 13.4. The lowest BCUT2D eigenvalue weighted by molar-refractivity contribution is 0.261. The van der Waals surface area contributed by atoms with Gasteiger partial charge in [0, 0.05) is 45.5 Å². The molecule has 8 heteroatoms. The van der Waals surface area contributed by atoms with Crippen LogP contribution in [0.4, 0.5) is 5.82 Å². The number of guanidine groups is 1. The van der Waals surface area contributed by atoms with Crippen LogP contribution in [-0.2, 0) is 6.54 Å². The van der Waals surface area contributed by atoms with Crippen LogP contribution >= 0.6 is 24.0 Å². The molecular weight excluding hydrogens is 503 g/mol. The van der Waals surface area contributed by atoms with Gasteiger partial charge in [0.1, 0.15) is 18.2 Å². The molecule has 1 aliphatic heterocycles. The number of pyridine rings is 1. The number of likely N-dealkylation sites (N-methyl/N-ethyl adjacent to an activating group) is 1. The number of piperazine rings is 1. The molecule has 1 aliphatic rings. The lowest BCUT2D eigenvalue weighted by Crippen LogP contribution is -2.52. The fourth-order valence-corrected chi connectivity index (χ4v) is 3.36. The van der Waals surface area contributed by atoms with Crippen molar-refractivity contribution in [2.45, 2.75) is 13.5 Å². The number of anilines is 1. The van der Waals surface area contributed by atoms with Crippen molar-refractivity contribution in [3.63, 3.8) is 0 Å². The number of ether oxygens (including phenoxy) is 1. The SMILES string of the molecule is CCNC(=NCc1cccc(OCCN(C)C)c1)N1CCN(c2ccccn2)CC1.I. The molecule has 0 bridgehead atoms. The Labute approximate surface area is 203 Å². The summed E-state index contributed by atoms with van der Waals surface area (Å²) in [5.41, 5.74) is 1.15. The number of nitrogens with one attached hydrogen (secondary N) is 1. The van der Waals surface area contributed by atoms with Crippen LogP contribution in [0, 0.1) is 0 Å². The van der Waals surface area contributed by atoms with Crippen molar-refractivity contribution in [1.82, 2.24) is 20.1 Å². The molecule has 7 nitrogen and oxygen atoms in total. The summed E-state index contributed by atoms with van der Waals surface area (Å²) in [6.07, 6.45) is 1.85. The van der Waals surface area contributed by atoms with Crippen molar-refractivity contribution in [3.8, 4) is 5.75 Å². The average molecular weight is 538 g/mol. The van der Waals surface area contributed by atoms with Gasteiger partial charge >= 0.3 is 0 Å². The minimum Gasteiger partial charge on any atom is -0.492 e. The number of rotatable bonds is 8. The van der Waals surface area contributed by atoms with E-state index in [2.05, 4.69) is 50.1 Å². The number of hydrogen-bond donors (Lipinski definition) is 1. The molecule has 0 saturated carbocycles. The Hall–Kier alpha value is -2.07. The van der Waals surface area contributed by atoms with E-state index in [-0.39, 0.29) is 24.0 Å². The Morgan fingerprint density at radius 2 is 1.94 bits per heavy atom. The number of nitrogens with zero attached hydrogens (tertiary/aromatic N) is 5. The van der Waals surface area contributed by atoms with Crippen LogP contribution in [0.3, 0.4) is 0 Å². The standard InChI is InChI=1S/C23H34N6O.HI/c1-4-24-23(29-14-12-28(13-15-29)22-10-5-6-11-25-22)26-19-20-8-7-9-21(18-20)30-17-16-27(2)3;/h5-11,18H,4,12-17,19H2,1-3H3,(H,24,26);1H. The molecule has 0 aliphatic carbocycles. The molecule has 1 N–H and O–H groups in total. The first-order valence-corrected chi connectivity index (χ1v) is 10.7. The Kier molecular flexibility index (Phi) is 10.9. The maximum absolute atomic E-state index is 5.85. The van der Waals surface area contributed by atoms with Crippen LogP contribution < -0.4 is 15.0 Å². The second-order valence-corrected chi connectivity index (χ2v) is 7.63. The molecule has 0 atom stereocenters. The molecule has 0 radical (unpaired) electrons. The highest BCUT2D eigenvalue weighted by Crippen LogP contribution is 2.15. The van der Waals surface area contributed by atoms with Crippen LogP contribution in [0.2, 0.25) is 0 Å². The van der Waals surface area contributed by atoms with Crippen LogP contribution in [0.1, 0.15) is 12.5 Å². The molecular formula is C23H35IN6O. The minimum absolute atomic E-state index is 0. The minimum atomic E-state index is 0. The van der Waals surface area contributed by atoms with E-state index in [0.29, 0.717) is 13.2 Å². The molecule has 0 spiro atoms. The van der Waals surface area contributed by atoms with E-state index in [1.165, 1.54) is 0 Å². The molecule has 1 aromatic carbocycles. The van der Waals surface area contributed by atoms with Crippen LogP contribution in [0.25, 0.3) is 0 Å². The van der Waals surface area contributed by atoms with Gasteiger partial charge in [0.2, 0.25) is 0 Å². The maximum Gasteiger partial charge on any atom is 0.194 e. The van der Waals surface area contributed by atoms with Crippen molar-refractivity contribution in [3.05, 3.63) is 54.2 Å². The lowest BCUT2D eigenvalue weighted by atomic mass is 10.2. The summed E-state index contributed by atoms with van der Waals surface area (Å²) in [5, 5.41) is 3.44. The van der Waals surface area contributed by atoms with Crippen LogP contribution in [0.5, 0.6) is 5.75 Å². The van der Waals surface area contributed by atoms with Gasteiger partial charge in [-0.1, -0.05) is 18.2 Å². The molecule has 0 amide bonds. The van der Waals surface area contributed by atoms with Crippen molar-refractivity contribution >= 4 is 35.8 Å². The third kappa shape index (κ3) is 8.17. The number of hydrogen-bond acceptors (Lipinski definition) is 5. The summed E-state index contributed by atoms with van der Waals surface area (Å²) in [5.74, 6) is 2.92. The molecule has 2 aromatic rings. The summed E-state index contributed by atoms with van der Waals surface area (Å²) >= 11 is 0. The van der Waals surface area contributed by atoms with E-state index >= 15 is 0 Å². The third-order valence-electron chi connectivity index (χ3n) is 5.00. The van der Waals surface area contributed by atoms with E-state index in [0.717, 1.165) is 62.4 Å².